The minimum atomic E-state index is -1.25. The summed E-state index contributed by atoms with van der Waals surface area (Å²) in [5.74, 6) is -2.54. The number of hydrogen-bond donors (Lipinski definition) is 2. The predicted octanol–water partition coefficient (Wildman–Crippen LogP) is -0.645. The standard InChI is InChI=1S/C6H7NO4/c1-7-2-3(6(10)11)4(8)5(7)9/h8H,2H2,1H3,(H,10,11). The fourth-order valence-electron chi connectivity index (χ4n) is 0.863. The van der Waals surface area contributed by atoms with Crippen molar-refractivity contribution in [2.24, 2.45) is 0 Å². The Kier molecular flexibility index (Phi) is 1.56. The number of carboxylic acids is 1. The normalized spacial score (nSPS) is 17.9. The summed E-state index contributed by atoms with van der Waals surface area (Å²) >= 11 is 0. The van der Waals surface area contributed by atoms with E-state index < -0.39 is 17.6 Å². The number of hydrogen-bond acceptors (Lipinski definition) is 3. The molecule has 1 amide bonds. The molecule has 0 saturated heterocycles. The van der Waals surface area contributed by atoms with Crippen molar-refractivity contribution < 1.29 is 19.8 Å². The Balaban J connectivity index is 2.98. The van der Waals surface area contributed by atoms with Crippen LogP contribution in [0.5, 0.6) is 0 Å². The number of rotatable bonds is 1. The van der Waals surface area contributed by atoms with Gasteiger partial charge in [0, 0.05) is 7.05 Å². The van der Waals surface area contributed by atoms with Gasteiger partial charge in [-0.1, -0.05) is 0 Å². The molecule has 60 valence electrons. The largest absolute Gasteiger partial charge is 0.503 e. The average Bonchev–Trinajstić information content (AvgIpc) is 2.17. The first-order valence-electron chi connectivity index (χ1n) is 2.95. The van der Waals surface area contributed by atoms with E-state index in [1.165, 1.54) is 7.05 Å². The lowest BCUT2D eigenvalue weighted by Crippen LogP contribution is -2.22. The van der Waals surface area contributed by atoms with E-state index in [1.807, 2.05) is 0 Å². The second-order valence-electron chi connectivity index (χ2n) is 2.29. The Labute approximate surface area is 62.5 Å². The number of aliphatic hydroxyl groups excluding tert-OH is 1. The van der Waals surface area contributed by atoms with Gasteiger partial charge in [-0.3, -0.25) is 4.79 Å². The highest BCUT2D eigenvalue weighted by Crippen LogP contribution is 2.14. The van der Waals surface area contributed by atoms with Crippen LogP contribution < -0.4 is 0 Å². The predicted molar refractivity (Wildman–Crippen MR) is 34.9 cm³/mol. The molecule has 0 bridgehead atoms. The topological polar surface area (TPSA) is 77.8 Å². The molecule has 0 unspecified atom stereocenters. The van der Waals surface area contributed by atoms with Crippen molar-refractivity contribution in [2.75, 3.05) is 13.6 Å². The number of carboxylic acid groups (broad SMARTS) is 1. The maximum absolute atomic E-state index is 10.8. The number of carbonyl (C=O) groups excluding carboxylic acids is 1. The highest BCUT2D eigenvalue weighted by atomic mass is 16.4. The molecule has 0 spiro atoms. The zero-order chi connectivity index (χ0) is 8.59. The van der Waals surface area contributed by atoms with Crippen LogP contribution in [-0.4, -0.2) is 40.6 Å². The lowest BCUT2D eigenvalue weighted by molar-refractivity contribution is -0.133. The van der Waals surface area contributed by atoms with Crippen molar-refractivity contribution >= 4 is 11.9 Å². The van der Waals surface area contributed by atoms with E-state index in [1.54, 1.807) is 0 Å². The summed E-state index contributed by atoms with van der Waals surface area (Å²) in [4.78, 5) is 22.2. The van der Waals surface area contributed by atoms with Crippen LogP contribution in [0.4, 0.5) is 0 Å². The van der Waals surface area contributed by atoms with Gasteiger partial charge in [-0.05, 0) is 0 Å². The van der Waals surface area contributed by atoms with Gasteiger partial charge in [-0.25, -0.2) is 4.79 Å². The summed E-state index contributed by atoms with van der Waals surface area (Å²) < 4.78 is 0. The Bertz CT molecular complexity index is 255. The lowest BCUT2D eigenvalue weighted by atomic mass is 10.3. The fourth-order valence-corrected chi connectivity index (χ4v) is 0.863. The van der Waals surface area contributed by atoms with Crippen LogP contribution in [0.2, 0.25) is 0 Å². The number of nitrogens with zero attached hydrogens (tertiary/aromatic N) is 1. The summed E-state index contributed by atoms with van der Waals surface area (Å²) in [7, 11) is 1.43. The van der Waals surface area contributed by atoms with Gasteiger partial charge in [0.05, 0.1) is 6.54 Å². The first kappa shape index (κ1) is 7.59. The van der Waals surface area contributed by atoms with E-state index >= 15 is 0 Å². The fraction of sp³-hybridized carbons (Fsp3) is 0.333. The zero-order valence-corrected chi connectivity index (χ0v) is 5.87. The van der Waals surface area contributed by atoms with Gasteiger partial charge in [-0.2, -0.15) is 0 Å². The smallest absolute Gasteiger partial charge is 0.337 e. The molecule has 5 nitrogen and oxygen atoms in total. The maximum atomic E-state index is 10.8. The number of amides is 1. The van der Waals surface area contributed by atoms with Crippen LogP contribution in [0.1, 0.15) is 0 Å². The highest BCUT2D eigenvalue weighted by Gasteiger charge is 2.31. The molecule has 1 rings (SSSR count). The van der Waals surface area contributed by atoms with Crippen molar-refractivity contribution in [3.8, 4) is 0 Å². The molecule has 1 aliphatic heterocycles. The monoisotopic (exact) mass is 157 g/mol. The van der Waals surface area contributed by atoms with Gasteiger partial charge in [0.2, 0.25) is 0 Å². The Morgan fingerprint density at radius 2 is 2.18 bits per heavy atom. The van der Waals surface area contributed by atoms with Gasteiger partial charge in [0.1, 0.15) is 5.57 Å². The van der Waals surface area contributed by atoms with E-state index in [-0.39, 0.29) is 12.1 Å². The van der Waals surface area contributed by atoms with Crippen LogP contribution >= 0.6 is 0 Å². The third-order valence-corrected chi connectivity index (χ3v) is 1.49. The molecule has 0 aliphatic carbocycles. The first-order valence-corrected chi connectivity index (χ1v) is 2.95. The molecule has 1 aliphatic rings. The summed E-state index contributed by atoms with van der Waals surface area (Å²) in [6.45, 7) is -0.0278. The third-order valence-electron chi connectivity index (χ3n) is 1.49. The molecule has 5 heteroatoms. The van der Waals surface area contributed by atoms with Crippen LogP contribution in [0, 0.1) is 0 Å². The zero-order valence-electron chi connectivity index (χ0n) is 5.87. The minimum absolute atomic E-state index is 0.0278. The third kappa shape index (κ3) is 1.04. The molecule has 11 heavy (non-hydrogen) atoms. The summed E-state index contributed by atoms with van der Waals surface area (Å²) in [6, 6.07) is 0. The van der Waals surface area contributed by atoms with Crippen LogP contribution in [0.25, 0.3) is 0 Å². The molecule has 0 radical (unpaired) electrons. The van der Waals surface area contributed by atoms with Gasteiger partial charge in [0.25, 0.3) is 5.91 Å². The number of carbonyl (C=O) groups is 2. The van der Waals surface area contributed by atoms with Crippen LogP contribution in [0.3, 0.4) is 0 Å². The van der Waals surface area contributed by atoms with Crippen molar-refractivity contribution in [1.29, 1.82) is 0 Å². The summed E-state index contributed by atoms with van der Waals surface area (Å²) in [6.07, 6.45) is 0. The van der Waals surface area contributed by atoms with Crippen molar-refractivity contribution in [2.45, 2.75) is 0 Å². The number of aliphatic hydroxyl groups is 1. The molecule has 0 aromatic carbocycles. The molecule has 0 aromatic heterocycles. The molecule has 0 fully saturated rings. The van der Waals surface area contributed by atoms with Gasteiger partial charge >= 0.3 is 5.97 Å². The molecule has 0 atom stereocenters. The first-order chi connectivity index (χ1) is 5.04. The van der Waals surface area contributed by atoms with Crippen LogP contribution in [-0.2, 0) is 9.59 Å². The maximum Gasteiger partial charge on any atom is 0.337 e. The lowest BCUT2D eigenvalue weighted by Gasteiger charge is -2.05. The summed E-state index contributed by atoms with van der Waals surface area (Å²) in [5, 5.41) is 17.3. The van der Waals surface area contributed by atoms with E-state index in [0.717, 1.165) is 4.90 Å². The molecular formula is C6H7NO4. The van der Waals surface area contributed by atoms with Gasteiger partial charge in [-0.15, -0.1) is 0 Å². The second-order valence-corrected chi connectivity index (χ2v) is 2.29. The second kappa shape index (κ2) is 2.26. The number of likely N-dealkylation sites (N-methyl/N-ethyl adjacent to an activating group) is 1. The van der Waals surface area contributed by atoms with Crippen LogP contribution in [0.15, 0.2) is 11.3 Å². The SMILES string of the molecule is CN1CC(C(=O)O)=C(O)C1=O. The molecule has 0 saturated carbocycles. The highest BCUT2D eigenvalue weighted by molar-refractivity contribution is 6.04. The van der Waals surface area contributed by atoms with Gasteiger partial charge < -0.3 is 15.1 Å². The summed E-state index contributed by atoms with van der Waals surface area (Å²) in [5.41, 5.74) is -0.238. The van der Waals surface area contributed by atoms with Crippen molar-refractivity contribution in [3.05, 3.63) is 11.3 Å². The molecular weight excluding hydrogens is 150 g/mol. The molecule has 0 aromatic rings. The van der Waals surface area contributed by atoms with E-state index in [9.17, 15) is 9.59 Å². The number of aliphatic carboxylic acids is 1. The minimum Gasteiger partial charge on any atom is -0.503 e. The Morgan fingerprint density at radius 1 is 1.64 bits per heavy atom. The van der Waals surface area contributed by atoms with E-state index in [0.29, 0.717) is 0 Å². The average molecular weight is 157 g/mol. The van der Waals surface area contributed by atoms with Crippen molar-refractivity contribution in [3.63, 3.8) is 0 Å². The molecule has 1 heterocycles. The van der Waals surface area contributed by atoms with Gasteiger partial charge in [0.15, 0.2) is 5.76 Å². The molecule has 2 N–H and O–H groups in total. The van der Waals surface area contributed by atoms with Crippen molar-refractivity contribution in [1.82, 2.24) is 4.90 Å². The quantitative estimate of drug-likeness (QED) is 0.530. The van der Waals surface area contributed by atoms with E-state index in [4.69, 9.17) is 10.2 Å². The Morgan fingerprint density at radius 3 is 2.36 bits per heavy atom. The van der Waals surface area contributed by atoms with E-state index in [2.05, 4.69) is 0 Å². The Hall–Kier alpha value is -1.52.